The highest BCUT2D eigenvalue weighted by Gasteiger charge is 2.35. The summed E-state index contributed by atoms with van der Waals surface area (Å²) in [6.45, 7) is 0.814. The highest BCUT2D eigenvalue weighted by atomic mass is 16.5. The Morgan fingerprint density at radius 3 is 2.32 bits per heavy atom. The lowest BCUT2D eigenvalue weighted by Crippen LogP contribution is -2.43. The zero-order valence-corrected chi connectivity index (χ0v) is 18.6. The van der Waals surface area contributed by atoms with Crippen LogP contribution >= 0.6 is 0 Å². The van der Waals surface area contributed by atoms with Gasteiger partial charge in [0.2, 0.25) is 5.91 Å². The van der Waals surface area contributed by atoms with Crippen LogP contribution in [0.5, 0.6) is 0 Å². The molecule has 4 rings (SSSR count). The van der Waals surface area contributed by atoms with Crippen LogP contribution in [0.25, 0.3) is 11.1 Å². The molecule has 0 aromatic heterocycles. The summed E-state index contributed by atoms with van der Waals surface area (Å²) in [7, 11) is 0. The van der Waals surface area contributed by atoms with E-state index < -0.39 is 30.2 Å². The first-order chi connectivity index (χ1) is 16.5. The number of carboxylic acids is 1. The van der Waals surface area contributed by atoms with E-state index in [0.717, 1.165) is 22.3 Å². The van der Waals surface area contributed by atoms with E-state index in [-0.39, 0.29) is 38.0 Å². The summed E-state index contributed by atoms with van der Waals surface area (Å²) in [5.41, 5.74) is 4.57. The Morgan fingerprint density at radius 1 is 1.03 bits per heavy atom. The van der Waals surface area contributed by atoms with Crippen molar-refractivity contribution in [3.8, 4) is 11.1 Å². The average molecular weight is 469 g/mol. The molecule has 3 atom stereocenters. The predicted molar refractivity (Wildman–Crippen MR) is 122 cm³/mol. The fraction of sp³-hybridized carbons (Fsp3) is 0.400. The Labute approximate surface area is 197 Å². The normalized spacial score (nSPS) is 19.7. The van der Waals surface area contributed by atoms with Gasteiger partial charge in [-0.15, -0.1) is 0 Å². The van der Waals surface area contributed by atoms with Gasteiger partial charge in [0.25, 0.3) is 0 Å². The molecule has 2 aromatic carbocycles. The molecule has 9 heteroatoms. The van der Waals surface area contributed by atoms with Crippen molar-refractivity contribution in [1.29, 1.82) is 0 Å². The number of amides is 2. The molecule has 9 nitrogen and oxygen atoms in total. The largest absolute Gasteiger partial charge is 0.479 e. The topological polar surface area (TPSA) is 134 Å². The predicted octanol–water partition coefficient (Wildman–Crippen LogP) is 1.88. The number of fused-ring (bicyclic) bond motifs is 3. The van der Waals surface area contributed by atoms with Crippen molar-refractivity contribution in [2.45, 2.75) is 31.0 Å². The number of hydrogen-bond acceptors (Lipinski definition) is 6. The molecule has 1 aliphatic carbocycles. The van der Waals surface area contributed by atoms with Crippen LogP contribution in [0.4, 0.5) is 4.79 Å². The fourth-order valence-electron chi connectivity index (χ4n) is 4.55. The summed E-state index contributed by atoms with van der Waals surface area (Å²) >= 11 is 0. The lowest BCUT2D eigenvalue weighted by Gasteiger charge is -2.19. The molecule has 2 amide bonds. The average Bonchev–Trinajstić information content (AvgIpc) is 3.44. The van der Waals surface area contributed by atoms with Gasteiger partial charge >= 0.3 is 12.1 Å². The molecule has 2 aliphatic rings. The summed E-state index contributed by atoms with van der Waals surface area (Å²) in [6, 6.07) is 16.2. The van der Waals surface area contributed by atoms with Crippen molar-refractivity contribution < 1.29 is 34.1 Å². The minimum atomic E-state index is -1.53. The maximum absolute atomic E-state index is 12.4. The molecule has 1 fully saturated rings. The van der Waals surface area contributed by atoms with Crippen LogP contribution in [0.1, 0.15) is 29.9 Å². The van der Waals surface area contributed by atoms with Gasteiger partial charge in [0, 0.05) is 38.0 Å². The number of nitrogens with one attached hydrogen (secondary N) is 2. The number of carbonyl (C=O) groups is 3. The third kappa shape index (κ3) is 5.21. The van der Waals surface area contributed by atoms with Gasteiger partial charge < -0.3 is 30.3 Å². The number of ether oxygens (including phenoxy) is 2. The van der Waals surface area contributed by atoms with E-state index in [9.17, 15) is 19.5 Å². The summed E-state index contributed by atoms with van der Waals surface area (Å²) < 4.78 is 11.0. The number of alkyl carbamates (subject to hydrolysis) is 1. The summed E-state index contributed by atoms with van der Waals surface area (Å²) in [5, 5.41) is 23.3. The number of aliphatic carboxylic acids is 1. The Bertz CT molecular complexity index is 1010. The molecular weight excluding hydrogens is 440 g/mol. The summed E-state index contributed by atoms with van der Waals surface area (Å²) in [5.74, 6) is -2.00. The molecule has 0 radical (unpaired) electrons. The highest BCUT2D eigenvalue weighted by Crippen LogP contribution is 2.44. The molecule has 4 N–H and O–H groups in total. The van der Waals surface area contributed by atoms with Crippen LogP contribution < -0.4 is 10.6 Å². The van der Waals surface area contributed by atoms with Gasteiger partial charge in [0.1, 0.15) is 12.7 Å². The van der Waals surface area contributed by atoms with Crippen molar-refractivity contribution in [1.82, 2.24) is 10.6 Å². The van der Waals surface area contributed by atoms with Gasteiger partial charge in [-0.25, -0.2) is 9.59 Å². The van der Waals surface area contributed by atoms with Crippen LogP contribution in [0.3, 0.4) is 0 Å². The monoisotopic (exact) mass is 468 g/mol. The number of rotatable bonds is 9. The minimum Gasteiger partial charge on any atom is -0.479 e. The third-order valence-corrected chi connectivity index (χ3v) is 6.33. The first-order valence-electron chi connectivity index (χ1n) is 11.3. The molecule has 0 saturated carbocycles. The molecule has 1 aliphatic heterocycles. The van der Waals surface area contributed by atoms with E-state index in [4.69, 9.17) is 14.6 Å². The summed E-state index contributed by atoms with van der Waals surface area (Å²) in [6.07, 6.45) is -2.35. The summed E-state index contributed by atoms with van der Waals surface area (Å²) in [4.78, 5) is 35.4. The van der Waals surface area contributed by atoms with Crippen LogP contribution in [0.2, 0.25) is 0 Å². The van der Waals surface area contributed by atoms with Gasteiger partial charge in [-0.2, -0.15) is 0 Å². The maximum Gasteiger partial charge on any atom is 0.407 e. The number of carboxylic acid groups (broad SMARTS) is 1. The van der Waals surface area contributed by atoms with E-state index in [1.54, 1.807) is 0 Å². The molecule has 1 saturated heterocycles. The lowest BCUT2D eigenvalue weighted by molar-refractivity contribution is -0.147. The van der Waals surface area contributed by atoms with Crippen molar-refractivity contribution >= 4 is 18.0 Å². The van der Waals surface area contributed by atoms with Gasteiger partial charge in [0.15, 0.2) is 6.10 Å². The lowest BCUT2D eigenvalue weighted by atomic mass is 9.98. The molecule has 180 valence electrons. The van der Waals surface area contributed by atoms with Crippen molar-refractivity contribution in [3.63, 3.8) is 0 Å². The Balaban J connectivity index is 1.26. The third-order valence-electron chi connectivity index (χ3n) is 6.33. The smallest absolute Gasteiger partial charge is 0.407 e. The minimum absolute atomic E-state index is 0.0126. The molecular formula is C25H28N2O7. The molecule has 2 aromatic rings. The zero-order chi connectivity index (χ0) is 24.1. The molecule has 34 heavy (non-hydrogen) atoms. The van der Waals surface area contributed by atoms with Crippen molar-refractivity contribution in [2.75, 3.05) is 26.3 Å². The first kappa shape index (κ1) is 23.7. The van der Waals surface area contributed by atoms with Crippen molar-refractivity contribution in [2.24, 2.45) is 5.92 Å². The number of carbonyl (C=O) groups excluding carboxylic acids is 2. The SMILES string of the molecule is O=C(NC[C@H]1CCO[C@H]1C(=O)NCC[C@H](O)C(=O)O)OCC1c2ccccc2-c2ccccc21. The highest BCUT2D eigenvalue weighted by molar-refractivity contribution is 5.82. The van der Waals surface area contributed by atoms with Crippen LogP contribution in [-0.4, -0.2) is 66.7 Å². The first-order valence-corrected chi connectivity index (χ1v) is 11.3. The van der Waals surface area contributed by atoms with Gasteiger partial charge in [-0.05, 0) is 28.7 Å². The van der Waals surface area contributed by atoms with Crippen LogP contribution in [0, 0.1) is 5.92 Å². The molecule has 1 heterocycles. The van der Waals surface area contributed by atoms with E-state index >= 15 is 0 Å². The second kappa shape index (κ2) is 10.7. The Hall–Kier alpha value is -3.43. The Morgan fingerprint density at radius 2 is 1.68 bits per heavy atom. The van der Waals surface area contributed by atoms with Crippen LogP contribution in [0.15, 0.2) is 48.5 Å². The number of hydrogen-bond donors (Lipinski definition) is 4. The number of aliphatic hydroxyl groups is 1. The fourth-order valence-corrected chi connectivity index (χ4v) is 4.55. The van der Waals surface area contributed by atoms with Crippen LogP contribution in [-0.2, 0) is 19.1 Å². The van der Waals surface area contributed by atoms with E-state index in [2.05, 4.69) is 34.9 Å². The van der Waals surface area contributed by atoms with Crippen molar-refractivity contribution in [3.05, 3.63) is 59.7 Å². The van der Waals surface area contributed by atoms with Gasteiger partial charge in [-0.3, -0.25) is 4.79 Å². The van der Waals surface area contributed by atoms with Gasteiger partial charge in [-0.1, -0.05) is 48.5 Å². The standard InChI is InChI=1S/C25H28N2O7/c28-21(24(30)31)9-11-26-23(29)22-15(10-12-33-22)13-27-25(32)34-14-20-18-7-3-1-5-16(18)17-6-2-4-8-19(17)20/h1-8,15,20-22,28H,9-14H2,(H,26,29)(H,27,32)(H,30,31)/t15-,21+,22-/m1/s1. The molecule has 0 unspecified atom stereocenters. The van der Waals surface area contributed by atoms with Gasteiger partial charge in [0.05, 0.1) is 0 Å². The maximum atomic E-state index is 12.4. The second-order valence-corrected chi connectivity index (χ2v) is 8.48. The second-order valence-electron chi connectivity index (χ2n) is 8.48. The zero-order valence-electron chi connectivity index (χ0n) is 18.6. The van der Waals surface area contributed by atoms with E-state index in [1.807, 2.05) is 24.3 Å². The molecule has 0 bridgehead atoms. The Kier molecular flexibility index (Phi) is 7.44. The number of aliphatic hydroxyl groups excluding tert-OH is 1. The number of benzene rings is 2. The quantitative estimate of drug-likeness (QED) is 0.441. The van der Waals surface area contributed by atoms with E-state index in [0.29, 0.717) is 13.0 Å². The van der Waals surface area contributed by atoms with E-state index in [1.165, 1.54) is 0 Å². The molecule has 0 spiro atoms.